The average molecular weight is 180 g/mol. The van der Waals surface area contributed by atoms with E-state index in [1.54, 1.807) is 12.5 Å². The summed E-state index contributed by atoms with van der Waals surface area (Å²) in [6, 6.07) is 0. The first-order valence-electron chi connectivity index (χ1n) is 5.33. The van der Waals surface area contributed by atoms with Crippen molar-refractivity contribution in [2.24, 2.45) is 0 Å². The van der Waals surface area contributed by atoms with Crippen molar-refractivity contribution in [2.75, 3.05) is 0 Å². The summed E-state index contributed by atoms with van der Waals surface area (Å²) >= 11 is 0. The number of hydrogen-bond donors (Lipinski definition) is 1. The maximum Gasteiger partial charge on any atom is 0.0695 e. The second-order valence-electron chi connectivity index (χ2n) is 3.86. The van der Waals surface area contributed by atoms with Crippen molar-refractivity contribution in [2.45, 2.75) is 51.6 Å². The van der Waals surface area contributed by atoms with E-state index in [0.717, 1.165) is 0 Å². The van der Waals surface area contributed by atoms with Gasteiger partial charge < -0.3 is 5.11 Å². The minimum absolute atomic E-state index is 0.317. The van der Waals surface area contributed by atoms with Crippen LogP contribution in [0.25, 0.3) is 0 Å². The van der Waals surface area contributed by atoms with Crippen LogP contribution in [0.3, 0.4) is 0 Å². The lowest BCUT2D eigenvalue weighted by molar-refractivity contribution is 0.244. The zero-order chi connectivity index (χ0) is 9.52. The minimum Gasteiger partial charge on any atom is -0.389 e. The molecule has 0 aromatic rings. The molecule has 0 heterocycles. The molecule has 0 aromatic heterocycles. The molecule has 0 spiro atoms. The molecule has 1 aliphatic rings. The van der Waals surface area contributed by atoms with Crippen LogP contribution in [0.5, 0.6) is 0 Å². The molecule has 0 aromatic carbocycles. The maximum absolute atomic E-state index is 9.02. The van der Waals surface area contributed by atoms with Crippen molar-refractivity contribution in [3.63, 3.8) is 0 Å². The van der Waals surface area contributed by atoms with Crippen molar-refractivity contribution in [3.8, 4) is 0 Å². The summed E-state index contributed by atoms with van der Waals surface area (Å²) in [5, 5.41) is 9.02. The van der Waals surface area contributed by atoms with Gasteiger partial charge >= 0.3 is 0 Å². The maximum atomic E-state index is 9.02. The van der Waals surface area contributed by atoms with Gasteiger partial charge in [-0.25, -0.2) is 0 Å². The third kappa shape index (κ3) is 4.89. The van der Waals surface area contributed by atoms with Crippen molar-refractivity contribution >= 4 is 0 Å². The Morgan fingerprint density at radius 2 is 1.77 bits per heavy atom. The Hall–Kier alpha value is -0.560. The standard InChI is InChI=1S/C12H20O/c1-11(13)7-6-10-12-8-4-2-3-5-9-12/h6-7,10-11,13H,2-5,8-9H2,1H3/b7-6+. The molecule has 0 radical (unpaired) electrons. The molecule has 1 N–H and O–H groups in total. The number of rotatable bonds is 2. The summed E-state index contributed by atoms with van der Waals surface area (Å²) in [6.07, 6.45) is 13.6. The van der Waals surface area contributed by atoms with Gasteiger partial charge in [-0.15, -0.1) is 0 Å². The summed E-state index contributed by atoms with van der Waals surface area (Å²) in [6.45, 7) is 1.78. The fourth-order valence-corrected chi connectivity index (χ4v) is 1.70. The average Bonchev–Trinajstić information content (AvgIpc) is 2.32. The second-order valence-corrected chi connectivity index (χ2v) is 3.86. The highest BCUT2D eigenvalue weighted by atomic mass is 16.3. The van der Waals surface area contributed by atoms with Crippen molar-refractivity contribution in [1.29, 1.82) is 0 Å². The smallest absolute Gasteiger partial charge is 0.0695 e. The Bertz CT molecular complexity index is 179. The van der Waals surface area contributed by atoms with Crippen LogP contribution in [-0.2, 0) is 0 Å². The van der Waals surface area contributed by atoms with E-state index in [9.17, 15) is 0 Å². The molecule has 13 heavy (non-hydrogen) atoms. The third-order valence-electron chi connectivity index (χ3n) is 2.47. The summed E-state index contributed by atoms with van der Waals surface area (Å²) in [7, 11) is 0. The van der Waals surface area contributed by atoms with E-state index >= 15 is 0 Å². The van der Waals surface area contributed by atoms with Gasteiger partial charge in [-0.1, -0.05) is 36.6 Å². The Morgan fingerprint density at radius 1 is 1.15 bits per heavy atom. The van der Waals surface area contributed by atoms with Gasteiger partial charge in [0, 0.05) is 0 Å². The summed E-state index contributed by atoms with van der Waals surface area (Å²) in [4.78, 5) is 0. The van der Waals surface area contributed by atoms with Gasteiger partial charge in [0.25, 0.3) is 0 Å². The van der Waals surface area contributed by atoms with E-state index in [-0.39, 0.29) is 6.10 Å². The largest absolute Gasteiger partial charge is 0.389 e. The van der Waals surface area contributed by atoms with E-state index in [2.05, 4.69) is 6.08 Å². The van der Waals surface area contributed by atoms with E-state index < -0.39 is 0 Å². The zero-order valence-electron chi connectivity index (χ0n) is 8.50. The Morgan fingerprint density at radius 3 is 2.31 bits per heavy atom. The fraction of sp³-hybridized carbons (Fsp3) is 0.667. The molecule has 1 fully saturated rings. The Balaban J connectivity index is 2.39. The molecule has 0 saturated heterocycles. The molecule has 1 aliphatic carbocycles. The van der Waals surface area contributed by atoms with Gasteiger partial charge in [0.2, 0.25) is 0 Å². The van der Waals surface area contributed by atoms with E-state index in [1.807, 2.05) is 12.2 Å². The molecule has 0 amide bonds. The Kier molecular flexibility index (Phi) is 4.84. The number of aliphatic hydroxyl groups is 1. The molecule has 1 heteroatoms. The predicted molar refractivity (Wildman–Crippen MR) is 56.6 cm³/mol. The highest BCUT2D eigenvalue weighted by Crippen LogP contribution is 2.21. The lowest BCUT2D eigenvalue weighted by Crippen LogP contribution is -1.90. The van der Waals surface area contributed by atoms with Gasteiger partial charge in [-0.3, -0.25) is 0 Å². The lowest BCUT2D eigenvalue weighted by Gasteiger charge is -1.99. The van der Waals surface area contributed by atoms with Crippen LogP contribution in [0.2, 0.25) is 0 Å². The lowest BCUT2D eigenvalue weighted by atomic mass is 10.1. The zero-order valence-corrected chi connectivity index (χ0v) is 8.50. The SMILES string of the molecule is CC(O)/C=C/C=C1CCCCCC1. The highest BCUT2D eigenvalue weighted by molar-refractivity contribution is 5.13. The molecule has 1 atom stereocenters. The fourth-order valence-electron chi connectivity index (χ4n) is 1.70. The Labute approximate surface area is 81.2 Å². The second kappa shape index (κ2) is 5.98. The number of allylic oxidation sites excluding steroid dienone is 3. The quantitative estimate of drug-likeness (QED) is 0.647. The summed E-state index contributed by atoms with van der Waals surface area (Å²) in [5.41, 5.74) is 1.55. The molecule has 1 rings (SSSR count). The van der Waals surface area contributed by atoms with Gasteiger partial charge in [-0.05, 0) is 32.6 Å². The molecule has 1 unspecified atom stereocenters. The first-order valence-corrected chi connectivity index (χ1v) is 5.33. The molecular formula is C12H20O. The first kappa shape index (κ1) is 10.5. The van der Waals surface area contributed by atoms with E-state index in [4.69, 9.17) is 5.11 Å². The van der Waals surface area contributed by atoms with Crippen LogP contribution in [0, 0.1) is 0 Å². The molecular weight excluding hydrogens is 160 g/mol. The van der Waals surface area contributed by atoms with Crippen LogP contribution in [0.1, 0.15) is 45.4 Å². The number of aliphatic hydroxyl groups excluding tert-OH is 1. The van der Waals surface area contributed by atoms with Crippen LogP contribution in [0.15, 0.2) is 23.8 Å². The number of hydrogen-bond acceptors (Lipinski definition) is 1. The molecule has 0 bridgehead atoms. The highest BCUT2D eigenvalue weighted by Gasteiger charge is 2.02. The van der Waals surface area contributed by atoms with Crippen molar-refractivity contribution in [1.82, 2.24) is 0 Å². The molecule has 1 nitrogen and oxygen atoms in total. The molecule has 0 aliphatic heterocycles. The van der Waals surface area contributed by atoms with Crippen LogP contribution >= 0.6 is 0 Å². The van der Waals surface area contributed by atoms with Crippen molar-refractivity contribution < 1.29 is 5.11 Å². The molecule has 74 valence electrons. The first-order chi connectivity index (χ1) is 6.29. The third-order valence-corrected chi connectivity index (χ3v) is 2.47. The van der Waals surface area contributed by atoms with Crippen LogP contribution < -0.4 is 0 Å². The van der Waals surface area contributed by atoms with Crippen molar-refractivity contribution in [3.05, 3.63) is 23.8 Å². The molecule has 1 saturated carbocycles. The minimum atomic E-state index is -0.317. The van der Waals surface area contributed by atoms with Gasteiger partial charge in [0.1, 0.15) is 0 Å². The van der Waals surface area contributed by atoms with E-state index in [1.165, 1.54) is 38.5 Å². The topological polar surface area (TPSA) is 20.2 Å². The monoisotopic (exact) mass is 180 g/mol. The predicted octanol–water partition coefficient (Wildman–Crippen LogP) is 3.20. The van der Waals surface area contributed by atoms with Gasteiger partial charge in [-0.2, -0.15) is 0 Å². The summed E-state index contributed by atoms with van der Waals surface area (Å²) < 4.78 is 0. The van der Waals surface area contributed by atoms with Crippen LogP contribution in [-0.4, -0.2) is 11.2 Å². The van der Waals surface area contributed by atoms with Gasteiger partial charge in [0.15, 0.2) is 0 Å². The summed E-state index contributed by atoms with van der Waals surface area (Å²) in [5.74, 6) is 0. The van der Waals surface area contributed by atoms with Crippen LogP contribution in [0.4, 0.5) is 0 Å². The van der Waals surface area contributed by atoms with E-state index in [0.29, 0.717) is 0 Å². The normalized spacial score (nSPS) is 21.5. The van der Waals surface area contributed by atoms with Gasteiger partial charge in [0.05, 0.1) is 6.10 Å².